The molecule has 1 atom stereocenters. The second kappa shape index (κ2) is 8.13. The van der Waals surface area contributed by atoms with Gasteiger partial charge in [-0.25, -0.2) is 0 Å². The maximum Gasteiger partial charge on any atom is 0.0850 e. The molecule has 18 heavy (non-hydrogen) atoms. The molecule has 0 heterocycles. The number of hydrazine groups is 1. The van der Waals surface area contributed by atoms with E-state index >= 15 is 0 Å². The van der Waals surface area contributed by atoms with Crippen LogP contribution in [0.25, 0.3) is 0 Å². The minimum atomic E-state index is -0.0311. The van der Waals surface area contributed by atoms with E-state index in [4.69, 9.17) is 10.6 Å². The van der Waals surface area contributed by atoms with E-state index in [0.29, 0.717) is 12.0 Å². The lowest BCUT2D eigenvalue weighted by Gasteiger charge is -2.43. The van der Waals surface area contributed by atoms with Gasteiger partial charge in [0, 0.05) is 6.61 Å². The zero-order valence-electron chi connectivity index (χ0n) is 12.5. The number of nitrogens with one attached hydrogen (secondary N) is 1. The Bertz CT molecular complexity index is 209. The first kappa shape index (κ1) is 15.9. The van der Waals surface area contributed by atoms with Crippen LogP contribution >= 0.6 is 0 Å². The molecule has 108 valence electrons. The van der Waals surface area contributed by atoms with Crippen molar-refractivity contribution in [3.63, 3.8) is 0 Å². The molecule has 3 N–H and O–H groups in total. The molecule has 0 saturated heterocycles. The summed E-state index contributed by atoms with van der Waals surface area (Å²) >= 11 is 0. The Labute approximate surface area is 113 Å². The quantitative estimate of drug-likeness (QED) is 0.417. The summed E-state index contributed by atoms with van der Waals surface area (Å²) < 4.78 is 6.25. The van der Waals surface area contributed by atoms with Crippen molar-refractivity contribution in [2.75, 3.05) is 6.61 Å². The van der Waals surface area contributed by atoms with Gasteiger partial charge in [0.25, 0.3) is 0 Å². The van der Waals surface area contributed by atoms with Crippen molar-refractivity contribution in [3.8, 4) is 0 Å². The first-order chi connectivity index (χ1) is 8.74. The second-order valence-electron chi connectivity index (χ2n) is 5.63. The Kier molecular flexibility index (Phi) is 7.20. The van der Waals surface area contributed by atoms with Crippen LogP contribution in [0.3, 0.4) is 0 Å². The van der Waals surface area contributed by atoms with Gasteiger partial charge in [0.2, 0.25) is 0 Å². The number of hydrogen-bond acceptors (Lipinski definition) is 3. The van der Waals surface area contributed by atoms with Gasteiger partial charge in [0.1, 0.15) is 0 Å². The molecule has 0 radical (unpaired) electrons. The lowest BCUT2D eigenvalue weighted by Crippen LogP contribution is -2.58. The zero-order valence-corrected chi connectivity index (χ0v) is 12.5. The van der Waals surface area contributed by atoms with E-state index in [9.17, 15) is 0 Å². The van der Waals surface area contributed by atoms with E-state index in [1.54, 1.807) is 0 Å². The molecule has 3 heteroatoms. The second-order valence-corrected chi connectivity index (χ2v) is 5.63. The lowest BCUT2D eigenvalue weighted by atomic mass is 9.77. The predicted octanol–water partition coefficient (Wildman–Crippen LogP) is 3.38. The van der Waals surface area contributed by atoms with E-state index in [1.165, 1.54) is 38.5 Å². The molecule has 0 aliphatic heterocycles. The molecule has 1 rings (SSSR count). The van der Waals surface area contributed by atoms with Gasteiger partial charge in [-0.3, -0.25) is 11.3 Å². The van der Waals surface area contributed by atoms with Crippen molar-refractivity contribution in [2.24, 2.45) is 11.8 Å². The van der Waals surface area contributed by atoms with E-state index in [2.05, 4.69) is 26.2 Å². The minimum absolute atomic E-state index is 0.0311. The predicted molar refractivity (Wildman–Crippen MR) is 77.2 cm³/mol. The van der Waals surface area contributed by atoms with E-state index in [1.807, 2.05) is 0 Å². The smallest absolute Gasteiger partial charge is 0.0850 e. The Morgan fingerprint density at radius 2 is 1.61 bits per heavy atom. The third kappa shape index (κ3) is 3.69. The van der Waals surface area contributed by atoms with Crippen LogP contribution in [0.2, 0.25) is 0 Å². The molecule has 0 aromatic rings. The van der Waals surface area contributed by atoms with Crippen LogP contribution < -0.4 is 11.3 Å². The molecule has 0 bridgehead atoms. The van der Waals surface area contributed by atoms with E-state index in [-0.39, 0.29) is 5.60 Å². The molecular formula is C15H32N2O. The Hall–Kier alpha value is -0.120. The summed E-state index contributed by atoms with van der Waals surface area (Å²) in [6.07, 6.45) is 9.89. The number of rotatable bonds is 7. The van der Waals surface area contributed by atoms with Gasteiger partial charge in [-0.15, -0.1) is 0 Å². The molecule has 0 amide bonds. The first-order valence-electron chi connectivity index (χ1n) is 7.84. The molecule has 0 aromatic heterocycles. The van der Waals surface area contributed by atoms with E-state index < -0.39 is 0 Å². The molecule has 0 spiro atoms. The SMILES string of the molecule is CCOC1(C(NN)C(CC)CC)CCCCCC1. The molecule has 1 fully saturated rings. The minimum Gasteiger partial charge on any atom is -0.374 e. The summed E-state index contributed by atoms with van der Waals surface area (Å²) in [5, 5.41) is 0. The number of nitrogens with two attached hydrogens (primary N) is 1. The lowest BCUT2D eigenvalue weighted by molar-refractivity contribution is -0.0910. The molecule has 1 unspecified atom stereocenters. The average Bonchev–Trinajstić information content (AvgIpc) is 2.62. The van der Waals surface area contributed by atoms with Gasteiger partial charge >= 0.3 is 0 Å². The van der Waals surface area contributed by atoms with Gasteiger partial charge in [-0.05, 0) is 25.7 Å². The maximum absolute atomic E-state index is 6.25. The van der Waals surface area contributed by atoms with Gasteiger partial charge in [0.15, 0.2) is 0 Å². The van der Waals surface area contributed by atoms with Crippen LogP contribution in [-0.2, 0) is 4.74 Å². The summed E-state index contributed by atoms with van der Waals surface area (Å²) in [5.41, 5.74) is 3.07. The summed E-state index contributed by atoms with van der Waals surface area (Å²) in [7, 11) is 0. The molecule has 1 aliphatic carbocycles. The number of hydrogen-bond donors (Lipinski definition) is 2. The Morgan fingerprint density at radius 1 is 1.06 bits per heavy atom. The third-order valence-corrected chi connectivity index (χ3v) is 4.65. The Morgan fingerprint density at radius 3 is 2.00 bits per heavy atom. The van der Waals surface area contributed by atoms with Crippen molar-refractivity contribution in [1.82, 2.24) is 5.43 Å². The fourth-order valence-electron chi connectivity index (χ4n) is 3.64. The van der Waals surface area contributed by atoms with Crippen LogP contribution in [0.4, 0.5) is 0 Å². The van der Waals surface area contributed by atoms with Crippen molar-refractivity contribution in [3.05, 3.63) is 0 Å². The van der Waals surface area contributed by atoms with Gasteiger partial charge in [-0.2, -0.15) is 0 Å². The van der Waals surface area contributed by atoms with E-state index in [0.717, 1.165) is 19.4 Å². The highest BCUT2D eigenvalue weighted by atomic mass is 16.5. The third-order valence-electron chi connectivity index (χ3n) is 4.65. The fourth-order valence-corrected chi connectivity index (χ4v) is 3.64. The van der Waals surface area contributed by atoms with Gasteiger partial charge in [-0.1, -0.05) is 52.4 Å². The van der Waals surface area contributed by atoms with Crippen LogP contribution in [-0.4, -0.2) is 18.2 Å². The topological polar surface area (TPSA) is 47.3 Å². The monoisotopic (exact) mass is 256 g/mol. The summed E-state index contributed by atoms with van der Waals surface area (Å²) in [5.74, 6) is 6.50. The van der Waals surface area contributed by atoms with Gasteiger partial charge < -0.3 is 4.74 Å². The summed E-state index contributed by atoms with van der Waals surface area (Å²) in [6, 6.07) is 0.297. The Balaban J connectivity index is 2.90. The average molecular weight is 256 g/mol. The molecule has 1 saturated carbocycles. The van der Waals surface area contributed by atoms with Crippen LogP contribution in [0.1, 0.15) is 72.1 Å². The van der Waals surface area contributed by atoms with Crippen LogP contribution in [0.5, 0.6) is 0 Å². The van der Waals surface area contributed by atoms with Crippen LogP contribution in [0.15, 0.2) is 0 Å². The first-order valence-corrected chi connectivity index (χ1v) is 7.84. The molecule has 1 aliphatic rings. The largest absolute Gasteiger partial charge is 0.374 e. The normalized spacial score (nSPS) is 21.8. The highest BCUT2D eigenvalue weighted by Gasteiger charge is 2.42. The number of ether oxygens (including phenoxy) is 1. The fraction of sp³-hybridized carbons (Fsp3) is 1.00. The summed E-state index contributed by atoms with van der Waals surface area (Å²) in [6.45, 7) is 7.41. The highest BCUT2D eigenvalue weighted by Crippen LogP contribution is 2.37. The molecular weight excluding hydrogens is 224 g/mol. The van der Waals surface area contributed by atoms with Crippen LogP contribution in [0, 0.1) is 5.92 Å². The van der Waals surface area contributed by atoms with Crippen molar-refractivity contribution in [1.29, 1.82) is 0 Å². The van der Waals surface area contributed by atoms with Crippen molar-refractivity contribution < 1.29 is 4.74 Å². The standard InChI is InChI=1S/C15H32N2O/c1-4-13(5-2)14(17-16)15(18-6-3)11-9-7-8-10-12-15/h13-14,17H,4-12,16H2,1-3H3. The van der Waals surface area contributed by atoms with Crippen molar-refractivity contribution >= 4 is 0 Å². The van der Waals surface area contributed by atoms with Gasteiger partial charge in [0.05, 0.1) is 11.6 Å². The highest BCUT2D eigenvalue weighted by molar-refractivity contribution is 4.96. The maximum atomic E-state index is 6.25. The molecule has 3 nitrogen and oxygen atoms in total. The summed E-state index contributed by atoms with van der Waals surface area (Å²) in [4.78, 5) is 0. The molecule has 0 aromatic carbocycles. The van der Waals surface area contributed by atoms with Crippen molar-refractivity contribution in [2.45, 2.75) is 83.8 Å². The zero-order chi connectivity index (χ0) is 13.4.